The van der Waals surface area contributed by atoms with Crippen molar-refractivity contribution in [3.05, 3.63) is 46.3 Å². The molecule has 1 amide bonds. The maximum Gasteiger partial charge on any atom is 0.417 e. The fourth-order valence-electron chi connectivity index (χ4n) is 1.51. The first kappa shape index (κ1) is 14.6. The Morgan fingerprint density at radius 3 is 2.86 bits per heavy atom. The normalized spacial score (nSPS) is 11.2. The molecule has 0 aliphatic rings. The molecule has 110 valence electrons. The maximum absolute atomic E-state index is 12.8. The lowest BCUT2D eigenvalue weighted by molar-refractivity contribution is -0.138. The molecule has 2 rings (SSSR count). The van der Waals surface area contributed by atoms with E-state index in [4.69, 9.17) is 0 Å². The van der Waals surface area contributed by atoms with Gasteiger partial charge in [-0.1, -0.05) is 10.3 Å². The number of carbonyl (C=O) groups excluding carboxylic acids is 1. The van der Waals surface area contributed by atoms with Gasteiger partial charge in [0.2, 0.25) is 5.88 Å². The molecule has 21 heavy (non-hydrogen) atoms. The van der Waals surface area contributed by atoms with Gasteiger partial charge in [-0.2, -0.15) is 18.1 Å². The standard InChI is InChI=1S/C11H7F3N4O3/c12-11(13,14)8-1-2-15-5-7(8)10(19)17-9-3-6(4-16-20)18-21-9/h1-3,5H,4H2,(H,17,19). The van der Waals surface area contributed by atoms with Crippen molar-refractivity contribution in [3.8, 4) is 0 Å². The van der Waals surface area contributed by atoms with Crippen molar-refractivity contribution in [1.82, 2.24) is 10.1 Å². The molecule has 0 unspecified atom stereocenters. The summed E-state index contributed by atoms with van der Waals surface area (Å²) in [5, 5.41) is 8.06. The first-order valence-corrected chi connectivity index (χ1v) is 5.49. The highest BCUT2D eigenvalue weighted by Gasteiger charge is 2.35. The summed E-state index contributed by atoms with van der Waals surface area (Å²) < 4.78 is 42.9. The first-order chi connectivity index (χ1) is 9.91. The minimum atomic E-state index is -4.69. The van der Waals surface area contributed by atoms with Crippen LogP contribution in [0.15, 0.2) is 34.2 Å². The lowest BCUT2D eigenvalue weighted by Crippen LogP contribution is -2.18. The van der Waals surface area contributed by atoms with E-state index in [2.05, 4.69) is 25.2 Å². The molecule has 0 saturated carbocycles. The number of hydrogen-bond donors (Lipinski definition) is 1. The lowest BCUT2D eigenvalue weighted by Gasteiger charge is -2.10. The number of nitrogens with one attached hydrogen (secondary N) is 1. The summed E-state index contributed by atoms with van der Waals surface area (Å²) in [6.07, 6.45) is -2.96. The SMILES string of the molecule is O=NCc1cc(NC(=O)c2cnccc2C(F)(F)F)on1. The van der Waals surface area contributed by atoms with Gasteiger partial charge < -0.3 is 4.52 Å². The van der Waals surface area contributed by atoms with Crippen molar-refractivity contribution >= 4 is 11.8 Å². The molecular formula is C11H7F3N4O3. The third-order valence-corrected chi connectivity index (χ3v) is 2.39. The number of hydrogen-bond acceptors (Lipinski definition) is 6. The summed E-state index contributed by atoms with van der Waals surface area (Å²) in [6.45, 7) is -0.278. The minimum absolute atomic E-state index is 0.141. The van der Waals surface area contributed by atoms with Crippen molar-refractivity contribution in [1.29, 1.82) is 0 Å². The fraction of sp³-hybridized carbons (Fsp3) is 0.182. The van der Waals surface area contributed by atoms with E-state index in [1.807, 2.05) is 0 Å². The van der Waals surface area contributed by atoms with Crippen LogP contribution in [0.3, 0.4) is 0 Å². The van der Waals surface area contributed by atoms with Gasteiger partial charge in [-0.3, -0.25) is 15.1 Å². The van der Waals surface area contributed by atoms with E-state index < -0.39 is 23.2 Å². The van der Waals surface area contributed by atoms with E-state index in [-0.39, 0.29) is 18.1 Å². The number of amides is 1. The second-order valence-electron chi connectivity index (χ2n) is 3.84. The zero-order valence-corrected chi connectivity index (χ0v) is 10.2. The molecule has 2 heterocycles. The van der Waals surface area contributed by atoms with Crippen LogP contribution in [0.5, 0.6) is 0 Å². The number of carbonyl (C=O) groups is 1. The van der Waals surface area contributed by atoms with Crippen molar-refractivity contribution in [3.63, 3.8) is 0 Å². The van der Waals surface area contributed by atoms with E-state index in [1.165, 1.54) is 6.07 Å². The summed E-state index contributed by atoms with van der Waals surface area (Å²) in [5.41, 5.74) is -1.64. The molecule has 0 aromatic carbocycles. The molecule has 0 atom stereocenters. The average Bonchev–Trinajstić information content (AvgIpc) is 2.85. The van der Waals surface area contributed by atoms with E-state index in [1.54, 1.807) is 0 Å². The van der Waals surface area contributed by atoms with E-state index in [0.29, 0.717) is 6.07 Å². The van der Waals surface area contributed by atoms with Crippen LogP contribution in [0.1, 0.15) is 21.6 Å². The van der Waals surface area contributed by atoms with Crippen LogP contribution in [0, 0.1) is 4.91 Å². The van der Waals surface area contributed by atoms with Crippen LogP contribution in [-0.4, -0.2) is 16.0 Å². The quantitative estimate of drug-likeness (QED) is 0.875. The predicted molar refractivity (Wildman–Crippen MR) is 63.2 cm³/mol. The maximum atomic E-state index is 12.8. The molecule has 2 aromatic heterocycles. The number of rotatable bonds is 4. The Hall–Kier alpha value is -2.78. The number of nitroso groups, excluding NO2 is 1. The first-order valence-electron chi connectivity index (χ1n) is 5.49. The molecule has 2 aromatic rings. The Morgan fingerprint density at radius 2 is 2.19 bits per heavy atom. The predicted octanol–water partition coefficient (Wildman–Crippen LogP) is 2.61. The molecule has 0 aliphatic heterocycles. The Balaban J connectivity index is 2.22. The molecule has 0 aliphatic carbocycles. The van der Waals surface area contributed by atoms with Crippen molar-refractivity contribution < 1.29 is 22.5 Å². The van der Waals surface area contributed by atoms with Gasteiger partial charge in [0.15, 0.2) is 0 Å². The van der Waals surface area contributed by atoms with Gasteiger partial charge in [0, 0.05) is 18.5 Å². The lowest BCUT2D eigenvalue weighted by atomic mass is 10.1. The molecule has 0 fully saturated rings. The Bertz CT molecular complexity index is 669. The van der Waals surface area contributed by atoms with Gasteiger partial charge in [0.05, 0.1) is 11.1 Å². The Labute approximate surface area is 115 Å². The second kappa shape index (κ2) is 5.69. The Kier molecular flexibility index (Phi) is 3.96. The molecule has 0 radical (unpaired) electrons. The molecule has 0 spiro atoms. The largest absolute Gasteiger partial charge is 0.417 e. The number of pyridine rings is 1. The third-order valence-electron chi connectivity index (χ3n) is 2.39. The van der Waals surface area contributed by atoms with Crippen molar-refractivity contribution in [2.75, 3.05) is 5.32 Å². The number of anilines is 1. The van der Waals surface area contributed by atoms with Gasteiger partial charge in [0.25, 0.3) is 5.91 Å². The van der Waals surface area contributed by atoms with Crippen LogP contribution in [-0.2, 0) is 12.7 Å². The van der Waals surface area contributed by atoms with Gasteiger partial charge in [-0.15, -0.1) is 0 Å². The van der Waals surface area contributed by atoms with Crippen LogP contribution < -0.4 is 5.32 Å². The third kappa shape index (κ3) is 3.41. The zero-order valence-electron chi connectivity index (χ0n) is 10.2. The van der Waals surface area contributed by atoms with Crippen LogP contribution >= 0.6 is 0 Å². The fourth-order valence-corrected chi connectivity index (χ4v) is 1.51. The Morgan fingerprint density at radius 1 is 1.43 bits per heavy atom. The molecule has 7 nitrogen and oxygen atoms in total. The summed E-state index contributed by atoms with van der Waals surface area (Å²) >= 11 is 0. The molecular weight excluding hydrogens is 293 g/mol. The number of halogens is 3. The van der Waals surface area contributed by atoms with Gasteiger partial charge in [-0.05, 0) is 6.07 Å². The average molecular weight is 300 g/mol. The van der Waals surface area contributed by atoms with Crippen molar-refractivity contribution in [2.24, 2.45) is 5.18 Å². The monoisotopic (exact) mass is 300 g/mol. The molecule has 0 bridgehead atoms. The second-order valence-corrected chi connectivity index (χ2v) is 3.84. The van der Waals surface area contributed by atoms with E-state index in [9.17, 15) is 22.9 Å². The highest BCUT2D eigenvalue weighted by atomic mass is 19.4. The highest BCUT2D eigenvalue weighted by molar-refractivity contribution is 6.04. The van der Waals surface area contributed by atoms with Gasteiger partial charge in [0.1, 0.15) is 12.2 Å². The number of nitrogens with zero attached hydrogens (tertiary/aromatic N) is 3. The topological polar surface area (TPSA) is 97.5 Å². The van der Waals surface area contributed by atoms with E-state index in [0.717, 1.165) is 12.4 Å². The molecule has 1 N–H and O–H groups in total. The van der Waals surface area contributed by atoms with E-state index >= 15 is 0 Å². The number of alkyl halides is 3. The van der Waals surface area contributed by atoms with Crippen LogP contribution in [0.2, 0.25) is 0 Å². The van der Waals surface area contributed by atoms with Gasteiger partial charge >= 0.3 is 6.18 Å². The smallest absolute Gasteiger partial charge is 0.338 e. The summed E-state index contributed by atoms with van der Waals surface area (Å²) in [6, 6.07) is 1.87. The van der Waals surface area contributed by atoms with Gasteiger partial charge in [-0.25, -0.2) is 0 Å². The summed E-state index contributed by atoms with van der Waals surface area (Å²) in [5.74, 6) is -1.26. The number of aromatic nitrogens is 2. The minimum Gasteiger partial charge on any atom is -0.338 e. The summed E-state index contributed by atoms with van der Waals surface area (Å²) in [4.78, 5) is 25.3. The van der Waals surface area contributed by atoms with Crippen LogP contribution in [0.4, 0.5) is 19.1 Å². The van der Waals surface area contributed by atoms with Crippen molar-refractivity contribution in [2.45, 2.75) is 12.7 Å². The molecule has 10 heteroatoms. The summed E-state index contributed by atoms with van der Waals surface area (Å²) in [7, 11) is 0. The zero-order chi connectivity index (χ0) is 15.5. The molecule has 0 saturated heterocycles. The van der Waals surface area contributed by atoms with Crippen LogP contribution in [0.25, 0.3) is 0 Å². The highest BCUT2D eigenvalue weighted by Crippen LogP contribution is 2.31.